The molecule has 3 aromatic heterocycles. The predicted octanol–water partition coefficient (Wildman–Crippen LogP) is 3.91. The van der Waals surface area contributed by atoms with Crippen molar-refractivity contribution in [3.63, 3.8) is 0 Å². The molecule has 1 N–H and O–H groups in total. The molecular weight excluding hydrogens is 298 g/mol. The van der Waals surface area contributed by atoms with Crippen molar-refractivity contribution < 1.29 is 0 Å². The standard InChI is InChI=1S/C19H17N5/c1-2-12(3-1)6-18-21-10-16-15(9-22-19(16)24-18)13-4-5-17-14(7-13)8-20-11-23-17/h4-5,7-12H,1-3,6H2,(H,21,22,24). The summed E-state index contributed by atoms with van der Waals surface area (Å²) in [5, 5.41) is 2.09. The van der Waals surface area contributed by atoms with Crippen molar-refractivity contribution in [1.29, 1.82) is 0 Å². The van der Waals surface area contributed by atoms with Gasteiger partial charge in [0, 0.05) is 41.3 Å². The van der Waals surface area contributed by atoms with Gasteiger partial charge >= 0.3 is 0 Å². The van der Waals surface area contributed by atoms with E-state index in [2.05, 4.69) is 32.1 Å². The molecule has 5 heteroatoms. The SMILES string of the molecule is c1ncc2cc(-c3c[nH]c4nc(CC5CCC5)ncc34)ccc2n1. The highest BCUT2D eigenvalue weighted by Gasteiger charge is 2.19. The molecule has 5 rings (SSSR count). The molecule has 0 bridgehead atoms. The summed E-state index contributed by atoms with van der Waals surface area (Å²) in [6, 6.07) is 6.22. The van der Waals surface area contributed by atoms with Gasteiger partial charge in [-0.05, 0) is 23.6 Å². The van der Waals surface area contributed by atoms with Crippen LogP contribution in [-0.2, 0) is 6.42 Å². The molecule has 0 unspecified atom stereocenters. The molecule has 0 radical (unpaired) electrons. The van der Waals surface area contributed by atoms with Gasteiger partial charge in [0.25, 0.3) is 0 Å². The Morgan fingerprint density at radius 1 is 1.12 bits per heavy atom. The first-order valence-electron chi connectivity index (χ1n) is 8.40. The highest BCUT2D eigenvalue weighted by Crippen LogP contribution is 2.31. The number of nitrogens with zero attached hydrogens (tertiary/aromatic N) is 4. The Kier molecular flexibility index (Phi) is 3.04. The molecule has 3 heterocycles. The molecule has 0 spiro atoms. The first-order chi connectivity index (χ1) is 11.9. The molecule has 1 fully saturated rings. The molecular formula is C19H17N5. The monoisotopic (exact) mass is 315 g/mol. The van der Waals surface area contributed by atoms with Crippen LogP contribution in [0.5, 0.6) is 0 Å². The number of fused-ring (bicyclic) bond motifs is 2. The quantitative estimate of drug-likeness (QED) is 0.622. The average molecular weight is 315 g/mol. The van der Waals surface area contributed by atoms with Gasteiger partial charge in [-0.1, -0.05) is 25.3 Å². The summed E-state index contributed by atoms with van der Waals surface area (Å²) >= 11 is 0. The summed E-state index contributed by atoms with van der Waals surface area (Å²) in [7, 11) is 0. The number of H-pyrrole nitrogens is 1. The summed E-state index contributed by atoms with van der Waals surface area (Å²) < 4.78 is 0. The fraction of sp³-hybridized carbons (Fsp3) is 0.263. The fourth-order valence-corrected chi connectivity index (χ4v) is 3.39. The van der Waals surface area contributed by atoms with Crippen molar-refractivity contribution in [2.75, 3.05) is 0 Å². The molecule has 1 aliphatic rings. The van der Waals surface area contributed by atoms with Crippen molar-refractivity contribution in [3.05, 3.63) is 48.9 Å². The zero-order chi connectivity index (χ0) is 15.9. The number of benzene rings is 1. The molecule has 1 aromatic carbocycles. The van der Waals surface area contributed by atoms with Crippen molar-refractivity contribution in [2.24, 2.45) is 5.92 Å². The number of aromatic nitrogens is 5. The minimum absolute atomic E-state index is 0.775. The van der Waals surface area contributed by atoms with Crippen LogP contribution in [0.1, 0.15) is 25.1 Å². The van der Waals surface area contributed by atoms with Crippen molar-refractivity contribution in [1.82, 2.24) is 24.9 Å². The molecule has 118 valence electrons. The van der Waals surface area contributed by atoms with Crippen LogP contribution in [0.25, 0.3) is 33.1 Å². The maximum Gasteiger partial charge on any atom is 0.141 e. The second kappa shape index (κ2) is 5.37. The minimum atomic E-state index is 0.775. The number of hydrogen-bond acceptors (Lipinski definition) is 4. The van der Waals surface area contributed by atoms with E-state index < -0.39 is 0 Å². The van der Waals surface area contributed by atoms with Crippen LogP contribution < -0.4 is 0 Å². The first-order valence-corrected chi connectivity index (χ1v) is 8.40. The van der Waals surface area contributed by atoms with Gasteiger partial charge in [0.2, 0.25) is 0 Å². The highest BCUT2D eigenvalue weighted by molar-refractivity contribution is 5.95. The number of rotatable bonds is 3. The van der Waals surface area contributed by atoms with E-state index in [4.69, 9.17) is 4.98 Å². The topological polar surface area (TPSA) is 67.3 Å². The smallest absolute Gasteiger partial charge is 0.141 e. The van der Waals surface area contributed by atoms with E-state index in [0.29, 0.717) is 0 Å². The van der Waals surface area contributed by atoms with E-state index in [1.54, 1.807) is 6.33 Å². The summed E-state index contributed by atoms with van der Waals surface area (Å²) in [6.07, 6.45) is 12.4. The lowest BCUT2D eigenvalue weighted by Crippen LogP contribution is -2.15. The van der Waals surface area contributed by atoms with E-state index in [1.807, 2.05) is 24.7 Å². The molecule has 4 aromatic rings. The Hall–Kier alpha value is -2.82. The summed E-state index contributed by atoms with van der Waals surface area (Å²) in [5.41, 5.74) is 4.11. The number of nitrogens with one attached hydrogen (secondary N) is 1. The first kappa shape index (κ1) is 13.6. The molecule has 0 saturated heterocycles. The number of aromatic amines is 1. The van der Waals surface area contributed by atoms with E-state index in [-0.39, 0.29) is 0 Å². The Labute approximate surface area is 139 Å². The van der Waals surface area contributed by atoms with Crippen LogP contribution in [0.2, 0.25) is 0 Å². The van der Waals surface area contributed by atoms with Gasteiger partial charge in [-0.3, -0.25) is 0 Å². The van der Waals surface area contributed by atoms with Gasteiger partial charge in [0.1, 0.15) is 17.8 Å². The van der Waals surface area contributed by atoms with Gasteiger partial charge in [0.05, 0.1) is 5.52 Å². The van der Waals surface area contributed by atoms with Gasteiger partial charge < -0.3 is 4.98 Å². The normalized spacial score (nSPS) is 15.0. The molecule has 0 atom stereocenters. The van der Waals surface area contributed by atoms with Gasteiger partial charge in [-0.25, -0.2) is 19.9 Å². The molecule has 24 heavy (non-hydrogen) atoms. The Morgan fingerprint density at radius 2 is 2.08 bits per heavy atom. The maximum atomic E-state index is 4.71. The Balaban J connectivity index is 1.55. The van der Waals surface area contributed by atoms with Gasteiger partial charge in [0.15, 0.2) is 0 Å². The maximum absolute atomic E-state index is 4.71. The second-order valence-electron chi connectivity index (χ2n) is 6.55. The third kappa shape index (κ3) is 2.24. The highest BCUT2D eigenvalue weighted by atomic mass is 14.9. The third-order valence-electron chi connectivity index (χ3n) is 4.99. The fourth-order valence-electron chi connectivity index (χ4n) is 3.39. The molecule has 1 saturated carbocycles. The van der Waals surface area contributed by atoms with Gasteiger partial charge in [-0.2, -0.15) is 0 Å². The van der Waals surface area contributed by atoms with Crippen LogP contribution >= 0.6 is 0 Å². The molecule has 5 nitrogen and oxygen atoms in total. The zero-order valence-corrected chi connectivity index (χ0v) is 13.2. The Morgan fingerprint density at radius 3 is 2.96 bits per heavy atom. The minimum Gasteiger partial charge on any atom is -0.345 e. The van der Waals surface area contributed by atoms with Crippen molar-refractivity contribution in [3.8, 4) is 11.1 Å². The summed E-state index contributed by atoms with van der Waals surface area (Å²) in [4.78, 5) is 21.0. The third-order valence-corrected chi connectivity index (χ3v) is 4.99. The lowest BCUT2D eigenvalue weighted by molar-refractivity contribution is 0.309. The van der Waals surface area contributed by atoms with E-state index in [9.17, 15) is 0 Å². The van der Waals surface area contributed by atoms with Crippen molar-refractivity contribution >= 4 is 21.9 Å². The van der Waals surface area contributed by atoms with Crippen LogP contribution in [0.3, 0.4) is 0 Å². The van der Waals surface area contributed by atoms with Crippen LogP contribution in [-0.4, -0.2) is 24.9 Å². The molecule has 1 aliphatic carbocycles. The van der Waals surface area contributed by atoms with Gasteiger partial charge in [-0.15, -0.1) is 0 Å². The van der Waals surface area contributed by atoms with E-state index in [1.165, 1.54) is 19.3 Å². The van der Waals surface area contributed by atoms with Crippen LogP contribution in [0, 0.1) is 5.92 Å². The summed E-state index contributed by atoms with van der Waals surface area (Å²) in [6.45, 7) is 0. The van der Waals surface area contributed by atoms with Crippen LogP contribution in [0.15, 0.2) is 43.1 Å². The zero-order valence-electron chi connectivity index (χ0n) is 13.2. The lowest BCUT2D eigenvalue weighted by Gasteiger charge is -2.24. The molecule has 0 amide bonds. The van der Waals surface area contributed by atoms with E-state index >= 15 is 0 Å². The van der Waals surface area contributed by atoms with Crippen LogP contribution in [0.4, 0.5) is 0 Å². The largest absolute Gasteiger partial charge is 0.345 e. The molecule has 0 aliphatic heterocycles. The van der Waals surface area contributed by atoms with Crippen molar-refractivity contribution in [2.45, 2.75) is 25.7 Å². The Bertz CT molecular complexity index is 1030. The predicted molar refractivity (Wildman–Crippen MR) is 93.5 cm³/mol. The lowest BCUT2D eigenvalue weighted by atomic mass is 9.83. The van der Waals surface area contributed by atoms with E-state index in [0.717, 1.165) is 51.2 Å². The average Bonchev–Trinajstić information content (AvgIpc) is 3.01. The number of hydrogen-bond donors (Lipinski definition) is 1. The second-order valence-corrected chi connectivity index (χ2v) is 6.55. The summed E-state index contributed by atoms with van der Waals surface area (Å²) in [5.74, 6) is 1.73.